The molecule has 8 heteroatoms. The minimum Gasteiger partial charge on any atom is -0.497 e. The van der Waals surface area contributed by atoms with Gasteiger partial charge >= 0.3 is 0 Å². The van der Waals surface area contributed by atoms with E-state index in [4.69, 9.17) is 10.5 Å². The van der Waals surface area contributed by atoms with Crippen molar-refractivity contribution in [2.45, 2.75) is 30.7 Å². The molecule has 3 amide bonds. The Balaban J connectivity index is 2.01. The molecule has 0 saturated carbocycles. The van der Waals surface area contributed by atoms with Gasteiger partial charge in [0, 0.05) is 30.7 Å². The fourth-order valence-electron chi connectivity index (χ4n) is 2.90. The van der Waals surface area contributed by atoms with E-state index in [0.717, 1.165) is 17.1 Å². The van der Waals surface area contributed by atoms with Crippen LogP contribution >= 0.6 is 11.8 Å². The van der Waals surface area contributed by atoms with Gasteiger partial charge in [0.25, 0.3) is 0 Å². The van der Waals surface area contributed by atoms with Gasteiger partial charge in [0.1, 0.15) is 11.8 Å². The number of nitrogens with zero attached hydrogens (tertiary/aromatic N) is 1. The zero-order chi connectivity index (χ0) is 19.1. The average molecular weight is 379 g/mol. The van der Waals surface area contributed by atoms with E-state index in [2.05, 4.69) is 5.32 Å². The van der Waals surface area contributed by atoms with Crippen LogP contribution in [0.3, 0.4) is 0 Å². The van der Waals surface area contributed by atoms with Crippen molar-refractivity contribution < 1.29 is 19.1 Å². The second-order valence-corrected chi connectivity index (χ2v) is 7.36. The van der Waals surface area contributed by atoms with Gasteiger partial charge in [0.05, 0.1) is 13.0 Å². The molecule has 26 heavy (non-hydrogen) atoms. The van der Waals surface area contributed by atoms with Crippen molar-refractivity contribution in [1.82, 2.24) is 10.2 Å². The number of nitrogens with two attached hydrogens (primary N) is 1. The van der Waals surface area contributed by atoms with Crippen LogP contribution in [0, 0.1) is 5.92 Å². The topological polar surface area (TPSA) is 102 Å². The molecule has 1 aromatic carbocycles. The maximum Gasteiger partial charge on any atom is 0.246 e. The normalized spacial score (nSPS) is 18.1. The monoisotopic (exact) mass is 379 g/mol. The molecule has 0 radical (unpaired) electrons. The molecule has 2 rings (SSSR count). The molecule has 1 aliphatic rings. The number of nitrogens with one attached hydrogen (secondary N) is 1. The summed E-state index contributed by atoms with van der Waals surface area (Å²) in [6.45, 7) is 2.28. The summed E-state index contributed by atoms with van der Waals surface area (Å²) in [4.78, 5) is 38.4. The minimum absolute atomic E-state index is 0.174. The van der Waals surface area contributed by atoms with Gasteiger partial charge in [-0.15, -0.1) is 11.8 Å². The summed E-state index contributed by atoms with van der Waals surface area (Å²) in [5, 5.41) is 2.72. The first-order valence-electron chi connectivity index (χ1n) is 8.52. The Morgan fingerprint density at radius 3 is 2.62 bits per heavy atom. The van der Waals surface area contributed by atoms with Crippen molar-refractivity contribution in [3.63, 3.8) is 0 Å². The molecule has 1 aliphatic heterocycles. The summed E-state index contributed by atoms with van der Waals surface area (Å²) in [6, 6.07) is 6.86. The number of thioether (sulfide) groups is 1. The number of methoxy groups -OCH3 is 1. The number of rotatable bonds is 7. The second kappa shape index (κ2) is 9.47. The molecular weight excluding hydrogens is 354 g/mol. The first-order chi connectivity index (χ1) is 12.4. The van der Waals surface area contributed by atoms with Crippen molar-refractivity contribution in [3.8, 4) is 5.75 Å². The van der Waals surface area contributed by atoms with Crippen LogP contribution in [0.4, 0.5) is 0 Å². The van der Waals surface area contributed by atoms with Crippen molar-refractivity contribution in [1.29, 1.82) is 0 Å². The van der Waals surface area contributed by atoms with Crippen LogP contribution in [0.1, 0.15) is 19.8 Å². The zero-order valence-corrected chi connectivity index (χ0v) is 15.9. The zero-order valence-electron chi connectivity index (χ0n) is 15.1. The molecule has 1 heterocycles. The quantitative estimate of drug-likeness (QED) is 0.689. The number of amides is 3. The second-order valence-electron chi connectivity index (χ2n) is 6.27. The molecule has 2 unspecified atom stereocenters. The molecule has 142 valence electrons. The molecule has 1 saturated heterocycles. The van der Waals surface area contributed by atoms with Crippen molar-refractivity contribution in [2.24, 2.45) is 11.7 Å². The van der Waals surface area contributed by atoms with E-state index in [1.807, 2.05) is 24.3 Å². The number of ether oxygens (including phenoxy) is 1. The Morgan fingerprint density at radius 2 is 2.04 bits per heavy atom. The van der Waals surface area contributed by atoms with Crippen molar-refractivity contribution >= 4 is 29.5 Å². The smallest absolute Gasteiger partial charge is 0.246 e. The lowest BCUT2D eigenvalue weighted by Gasteiger charge is -2.33. The van der Waals surface area contributed by atoms with E-state index in [-0.39, 0.29) is 23.6 Å². The summed E-state index contributed by atoms with van der Waals surface area (Å²) in [7, 11) is 1.60. The van der Waals surface area contributed by atoms with Gasteiger partial charge in [0.15, 0.2) is 0 Å². The van der Waals surface area contributed by atoms with E-state index in [1.165, 1.54) is 18.7 Å². The number of primary amides is 1. The Labute approximate surface area is 157 Å². The van der Waals surface area contributed by atoms with Gasteiger partial charge in [-0.05, 0) is 37.1 Å². The Kier molecular flexibility index (Phi) is 7.32. The van der Waals surface area contributed by atoms with Gasteiger partial charge in [-0.2, -0.15) is 0 Å². The van der Waals surface area contributed by atoms with E-state index in [1.54, 1.807) is 12.0 Å². The summed E-state index contributed by atoms with van der Waals surface area (Å²) < 4.78 is 5.13. The Hall–Kier alpha value is -2.22. The lowest BCUT2D eigenvalue weighted by Crippen LogP contribution is -2.53. The van der Waals surface area contributed by atoms with Gasteiger partial charge < -0.3 is 20.7 Å². The maximum atomic E-state index is 12.8. The Bertz CT molecular complexity index is 650. The minimum atomic E-state index is -0.647. The summed E-state index contributed by atoms with van der Waals surface area (Å²) >= 11 is 1.48. The SMILES string of the molecule is COc1ccc(SCC(NC(C)=O)C(=O)N2CCCC(C(N)=O)C2)cc1. The molecule has 0 spiro atoms. The molecule has 7 nitrogen and oxygen atoms in total. The van der Waals surface area contributed by atoms with Crippen LogP contribution in [0.2, 0.25) is 0 Å². The predicted molar refractivity (Wildman–Crippen MR) is 99.8 cm³/mol. The van der Waals surface area contributed by atoms with E-state index >= 15 is 0 Å². The molecule has 1 aromatic rings. The lowest BCUT2D eigenvalue weighted by molar-refractivity contribution is -0.138. The lowest BCUT2D eigenvalue weighted by atomic mass is 9.97. The van der Waals surface area contributed by atoms with E-state index < -0.39 is 6.04 Å². The summed E-state index contributed by atoms with van der Waals surface area (Å²) in [6.07, 6.45) is 1.43. The van der Waals surface area contributed by atoms with Crippen LogP contribution in [-0.4, -0.2) is 54.6 Å². The molecule has 0 aliphatic carbocycles. The van der Waals surface area contributed by atoms with Gasteiger partial charge in [-0.3, -0.25) is 14.4 Å². The van der Waals surface area contributed by atoms with Crippen LogP contribution in [0.5, 0.6) is 5.75 Å². The number of benzene rings is 1. The van der Waals surface area contributed by atoms with E-state index in [0.29, 0.717) is 25.3 Å². The number of hydrogen-bond donors (Lipinski definition) is 2. The van der Waals surface area contributed by atoms with Crippen molar-refractivity contribution in [2.75, 3.05) is 26.0 Å². The average Bonchev–Trinajstić information content (AvgIpc) is 2.64. The number of likely N-dealkylation sites (tertiary alicyclic amines) is 1. The maximum absolute atomic E-state index is 12.8. The third-order valence-electron chi connectivity index (χ3n) is 4.29. The first kappa shape index (κ1) is 20.1. The molecule has 2 atom stereocenters. The first-order valence-corrected chi connectivity index (χ1v) is 9.51. The Morgan fingerprint density at radius 1 is 1.35 bits per heavy atom. The molecule has 0 aromatic heterocycles. The standard InChI is InChI=1S/C18H25N3O4S/c1-12(22)20-16(11-26-15-7-5-14(25-2)6-8-15)18(24)21-9-3-4-13(10-21)17(19)23/h5-8,13,16H,3-4,9-11H2,1-2H3,(H2,19,23)(H,20,22). The molecule has 1 fully saturated rings. The predicted octanol–water partition coefficient (Wildman–Crippen LogP) is 1.02. The number of hydrogen-bond acceptors (Lipinski definition) is 5. The van der Waals surface area contributed by atoms with Crippen molar-refractivity contribution in [3.05, 3.63) is 24.3 Å². The van der Waals surface area contributed by atoms with Crippen LogP contribution in [0.15, 0.2) is 29.2 Å². The van der Waals surface area contributed by atoms with Gasteiger partial charge in [-0.1, -0.05) is 0 Å². The summed E-state index contributed by atoms with van der Waals surface area (Å²) in [5.41, 5.74) is 5.38. The highest BCUT2D eigenvalue weighted by atomic mass is 32.2. The number of carbonyl (C=O) groups is 3. The van der Waals surface area contributed by atoms with Crippen LogP contribution in [-0.2, 0) is 14.4 Å². The van der Waals surface area contributed by atoms with Crippen LogP contribution < -0.4 is 15.8 Å². The molecular formula is C18H25N3O4S. The molecule has 0 bridgehead atoms. The highest BCUT2D eigenvalue weighted by Gasteiger charge is 2.31. The highest BCUT2D eigenvalue weighted by molar-refractivity contribution is 7.99. The number of piperidine rings is 1. The summed E-state index contributed by atoms with van der Waals surface area (Å²) in [5.74, 6) is 0.0257. The third-order valence-corrected chi connectivity index (χ3v) is 5.39. The molecule has 3 N–H and O–H groups in total. The fraction of sp³-hybridized carbons (Fsp3) is 0.500. The fourth-order valence-corrected chi connectivity index (χ4v) is 3.82. The highest BCUT2D eigenvalue weighted by Crippen LogP contribution is 2.23. The largest absolute Gasteiger partial charge is 0.497 e. The van der Waals surface area contributed by atoms with Gasteiger partial charge in [0.2, 0.25) is 17.7 Å². The number of carbonyl (C=O) groups excluding carboxylic acids is 3. The van der Waals surface area contributed by atoms with E-state index in [9.17, 15) is 14.4 Å². The third kappa shape index (κ3) is 5.66. The van der Waals surface area contributed by atoms with Gasteiger partial charge in [-0.25, -0.2) is 0 Å². The van der Waals surface area contributed by atoms with Crippen LogP contribution in [0.25, 0.3) is 0 Å².